The maximum absolute atomic E-state index is 11.9. The van der Waals surface area contributed by atoms with Gasteiger partial charge in [0.1, 0.15) is 4.90 Å². The molecule has 0 saturated carbocycles. The standard InChI is InChI=1S/C11H9Cl2NO4S/c1-2-3-4-14-19(17,18)9-6-7(12)5-8(10(9)13)11(15)16/h1,5-6,14H,3-4H2,(H,15,16). The fourth-order valence-corrected chi connectivity index (χ4v) is 3.18. The van der Waals surface area contributed by atoms with Crippen molar-refractivity contribution in [1.82, 2.24) is 4.72 Å². The topological polar surface area (TPSA) is 83.5 Å². The zero-order valence-corrected chi connectivity index (χ0v) is 11.8. The summed E-state index contributed by atoms with van der Waals surface area (Å²) in [6.45, 7) is 0.0179. The average molecular weight is 322 g/mol. The monoisotopic (exact) mass is 321 g/mol. The maximum Gasteiger partial charge on any atom is 0.337 e. The van der Waals surface area contributed by atoms with Crippen molar-refractivity contribution in [3.05, 3.63) is 27.7 Å². The molecule has 0 atom stereocenters. The van der Waals surface area contributed by atoms with E-state index in [-0.39, 0.29) is 23.6 Å². The first-order valence-electron chi connectivity index (χ1n) is 4.95. The number of carbonyl (C=O) groups is 1. The van der Waals surface area contributed by atoms with Crippen molar-refractivity contribution in [1.29, 1.82) is 0 Å². The van der Waals surface area contributed by atoms with Crippen LogP contribution in [0.2, 0.25) is 10.0 Å². The molecule has 0 aromatic heterocycles. The van der Waals surface area contributed by atoms with E-state index in [2.05, 4.69) is 10.6 Å². The van der Waals surface area contributed by atoms with Crippen molar-refractivity contribution < 1.29 is 18.3 Å². The summed E-state index contributed by atoms with van der Waals surface area (Å²) in [5.74, 6) is 0.899. The molecule has 0 amide bonds. The minimum Gasteiger partial charge on any atom is -0.478 e. The normalized spacial score (nSPS) is 11.0. The van der Waals surface area contributed by atoms with Crippen LogP contribution in [0.4, 0.5) is 0 Å². The summed E-state index contributed by atoms with van der Waals surface area (Å²) in [6.07, 6.45) is 5.20. The lowest BCUT2D eigenvalue weighted by molar-refractivity contribution is 0.0697. The van der Waals surface area contributed by atoms with E-state index < -0.39 is 25.9 Å². The first-order valence-corrected chi connectivity index (χ1v) is 7.19. The van der Waals surface area contributed by atoms with Gasteiger partial charge in [0.05, 0.1) is 10.6 Å². The van der Waals surface area contributed by atoms with E-state index in [1.807, 2.05) is 0 Å². The number of carboxylic acid groups (broad SMARTS) is 1. The van der Waals surface area contributed by atoms with Crippen LogP contribution in [-0.2, 0) is 10.0 Å². The molecule has 0 fully saturated rings. The fourth-order valence-electron chi connectivity index (χ4n) is 1.25. The fraction of sp³-hybridized carbons (Fsp3) is 0.182. The quantitative estimate of drug-likeness (QED) is 0.641. The number of halogens is 2. The predicted molar refractivity (Wildman–Crippen MR) is 72.1 cm³/mol. The molecule has 8 heteroatoms. The Balaban J connectivity index is 3.27. The van der Waals surface area contributed by atoms with Crippen LogP contribution in [0.1, 0.15) is 16.8 Å². The van der Waals surface area contributed by atoms with Gasteiger partial charge in [-0.2, -0.15) is 0 Å². The van der Waals surface area contributed by atoms with Gasteiger partial charge in [0, 0.05) is 18.0 Å². The Kier molecular flexibility index (Phi) is 5.20. The van der Waals surface area contributed by atoms with Crippen molar-refractivity contribution in [3.8, 4) is 12.3 Å². The molecule has 0 bridgehead atoms. The van der Waals surface area contributed by atoms with Gasteiger partial charge >= 0.3 is 5.97 Å². The maximum atomic E-state index is 11.9. The molecule has 2 N–H and O–H groups in total. The van der Waals surface area contributed by atoms with E-state index >= 15 is 0 Å². The van der Waals surface area contributed by atoms with Gasteiger partial charge < -0.3 is 5.11 Å². The number of terminal acetylenes is 1. The average Bonchev–Trinajstić information content (AvgIpc) is 2.31. The second-order valence-corrected chi connectivity index (χ2v) is 5.97. The van der Waals surface area contributed by atoms with E-state index in [4.69, 9.17) is 34.7 Å². The highest BCUT2D eigenvalue weighted by atomic mass is 35.5. The van der Waals surface area contributed by atoms with E-state index in [1.165, 1.54) is 0 Å². The van der Waals surface area contributed by atoms with Gasteiger partial charge in [0.15, 0.2) is 0 Å². The van der Waals surface area contributed by atoms with Crippen LogP contribution in [0.5, 0.6) is 0 Å². The number of hydrogen-bond acceptors (Lipinski definition) is 3. The van der Waals surface area contributed by atoms with Gasteiger partial charge in [-0.15, -0.1) is 12.3 Å². The van der Waals surface area contributed by atoms with E-state index in [0.29, 0.717) is 0 Å². The largest absolute Gasteiger partial charge is 0.478 e. The van der Waals surface area contributed by atoms with Gasteiger partial charge in [0.2, 0.25) is 10.0 Å². The van der Waals surface area contributed by atoms with Gasteiger partial charge in [0.25, 0.3) is 0 Å². The molecule has 5 nitrogen and oxygen atoms in total. The van der Waals surface area contributed by atoms with Gasteiger partial charge in [-0.25, -0.2) is 17.9 Å². The van der Waals surface area contributed by atoms with Crippen LogP contribution < -0.4 is 4.72 Å². The smallest absolute Gasteiger partial charge is 0.337 e. The first kappa shape index (κ1) is 15.8. The lowest BCUT2D eigenvalue weighted by atomic mass is 10.2. The van der Waals surface area contributed by atoms with Crippen LogP contribution >= 0.6 is 23.2 Å². The zero-order valence-electron chi connectivity index (χ0n) is 9.48. The second-order valence-electron chi connectivity index (χ2n) is 3.42. The minimum atomic E-state index is -3.97. The van der Waals surface area contributed by atoms with Crippen LogP contribution in [-0.4, -0.2) is 26.0 Å². The molecule has 1 rings (SSSR count). The molecule has 0 unspecified atom stereocenters. The molecule has 0 heterocycles. The summed E-state index contributed by atoms with van der Waals surface area (Å²) in [6, 6.07) is 2.15. The number of benzene rings is 1. The number of aromatic carboxylic acids is 1. The molecular formula is C11H9Cl2NO4S. The summed E-state index contributed by atoms with van der Waals surface area (Å²) in [5.41, 5.74) is -0.383. The van der Waals surface area contributed by atoms with Gasteiger partial charge in [-0.1, -0.05) is 23.2 Å². The van der Waals surface area contributed by atoms with Crippen molar-refractivity contribution in [2.75, 3.05) is 6.54 Å². The van der Waals surface area contributed by atoms with Crippen LogP contribution in [0.15, 0.2) is 17.0 Å². The molecule has 0 aliphatic rings. The molecule has 0 radical (unpaired) electrons. The Morgan fingerprint density at radius 1 is 1.42 bits per heavy atom. The van der Waals surface area contributed by atoms with Crippen molar-refractivity contribution in [2.24, 2.45) is 0 Å². The lowest BCUT2D eigenvalue weighted by Crippen LogP contribution is -2.25. The van der Waals surface area contributed by atoms with Crippen molar-refractivity contribution >= 4 is 39.2 Å². The Hall–Kier alpha value is -1.26. The van der Waals surface area contributed by atoms with E-state index in [1.54, 1.807) is 0 Å². The summed E-state index contributed by atoms with van der Waals surface area (Å²) in [7, 11) is -3.97. The van der Waals surface area contributed by atoms with E-state index in [9.17, 15) is 13.2 Å². The molecule has 0 aliphatic heterocycles. The zero-order chi connectivity index (χ0) is 14.6. The SMILES string of the molecule is C#CCCNS(=O)(=O)c1cc(Cl)cc(C(=O)O)c1Cl. The summed E-state index contributed by atoms with van der Waals surface area (Å²) in [4.78, 5) is 10.5. The molecule has 102 valence electrons. The molecule has 0 aliphatic carbocycles. The highest BCUT2D eigenvalue weighted by molar-refractivity contribution is 7.89. The number of sulfonamides is 1. The Labute approximate surface area is 120 Å². The Morgan fingerprint density at radius 3 is 2.58 bits per heavy atom. The third-order valence-electron chi connectivity index (χ3n) is 2.09. The number of nitrogens with one attached hydrogen (secondary N) is 1. The first-order chi connectivity index (χ1) is 8.79. The number of hydrogen-bond donors (Lipinski definition) is 2. The Morgan fingerprint density at radius 2 is 2.05 bits per heavy atom. The van der Waals surface area contributed by atoms with Crippen molar-refractivity contribution in [2.45, 2.75) is 11.3 Å². The summed E-state index contributed by atoms with van der Waals surface area (Å²) in [5, 5.41) is 8.47. The predicted octanol–water partition coefficient (Wildman–Crippen LogP) is 1.99. The van der Waals surface area contributed by atoms with Crippen LogP contribution in [0, 0.1) is 12.3 Å². The highest BCUT2D eigenvalue weighted by Crippen LogP contribution is 2.29. The molecule has 0 saturated heterocycles. The van der Waals surface area contributed by atoms with Crippen molar-refractivity contribution in [3.63, 3.8) is 0 Å². The van der Waals surface area contributed by atoms with E-state index in [0.717, 1.165) is 12.1 Å². The molecule has 1 aromatic rings. The molecule has 19 heavy (non-hydrogen) atoms. The lowest BCUT2D eigenvalue weighted by Gasteiger charge is -2.09. The number of rotatable bonds is 5. The Bertz CT molecular complexity index is 649. The third-order valence-corrected chi connectivity index (χ3v) is 4.31. The summed E-state index contributed by atoms with van der Waals surface area (Å²) < 4.78 is 26.1. The van der Waals surface area contributed by atoms with Crippen LogP contribution in [0.3, 0.4) is 0 Å². The molecule has 0 spiro atoms. The third kappa shape index (κ3) is 3.85. The molecule has 1 aromatic carbocycles. The highest BCUT2D eigenvalue weighted by Gasteiger charge is 2.23. The summed E-state index contributed by atoms with van der Waals surface area (Å²) >= 11 is 11.5. The minimum absolute atomic E-state index is 0.0179. The second kappa shape index (κ2) is 6.26. The van der Waals surface area contributed by atoms with Gasteiger partial charge in [-0.05, 0) is 12.1 Å². The number of carboxylic acids is 1. The molecular weight excluding hydrogens is 313 g/mol. The van der Waals surface area contributed by atoms with Gasteiger partial charge in [-0.3, -0.25) is 0 Å². The van der Waals surface area contributed by atoms with Crippen LogP contribution in [0.25, 0.3) is 0 Å².